The summed E-state index contributed by atoms with van der Waals surface area (Å²) in [6.07, 6.45) is 2.86. The second kappa shape index (κ2) is 7.64. The topological polar surface area (TPSA) is 89.5 Å². The van der Waals surface area contributed by atoms with E-state index in [-0.39, 0.29) is 29.9 Å². The van der Waals surface area contributed by atoms with Gasteiger partial charge in [0.25, 0.3) is 5.56 Å². The van der Waals surface area contributed by atoms with E-state index in [0.717, 1.165) is 24.1 Å². The number of aromatic amines is 1. The molecule has 4 heterocycles. The van der Waals surface area contributed by atoms with E-state index < -0.39 is 5.60 Å². The first-order valence-corrected chi connectivity index (χ1v) is 11.1. The predicted octanol–water partition coefficient (Wildman–Crippen LogP) is 4.21. The van der Waals surface area contributed by atoms with Gasteiger partial charge in [-0.2, -0.15) is 0 Å². The third-order valence-electron chi connectivity index (χ3n) is 5.91. The Balaban J connectivity index is 1.50. The molecule has 9 heteroatoms. The van der Waals surface area contributed by atoms with E-state index in [9.17, 15) is 9.59 Å². The summed E-state index contributed by atoms with van der Waals surface area (Å²) in [6, 6.07) is 9.14. The molecule has 2 fully saturated rings. The number of nitrogens with zero attached hydrogens (tertiary/aromatic N) is 3. The van der Waals surface area contributed by atoms with Gasteiger partial charge in [-0.15, -0.1) is 0 Å². The van der Waals surface area contributed by atoms with Crippen molar-refractivity contribution in [2.75, 3.05) is 6.54 Å². The third-order valence-corrected chi connectivity index (χ3v) is 6.18. The maximum absolute atomic E-state index is 13.0. The SMILES string of the molecule is CC(C)(C)OC(=O)N1C[C@H]2CC[C@H](O2)[C@H]1c1ccc(-n2c(Cl)cc3c(=O)[nH]cnc32)cc1. The number of rotatable bonds is 2. The van der Waals surface area contributed by atoms with E-state index in [0.29, 0.717) is 22.7 Å². The van der Waals surface area contributed by atoms with E-state index >= 15 is 0 Å². The zero-order valence-electron chi connectivity index (χ0n) is 18.2. The summed E-state index contributed by atoms with van der Waals surface area (Å²) in [5, 5.41) is 0.822. The number of likely N-dealkylation sites (tertiary alicyclic amines) is 1. The van der Waals surface area contributed by atoms with Crippen molar-refractivity contribution < 1.29 is 14.3 Å². The van der Waals surface area contributed by atoms with Crippen LogP contribution in [0.2, 0.25) is 5.15 Å². The molecule has 2 saturated heterocycles. The van der Waals surface area contributed by atoms with Crippen molar-refractivity contribution >= 4 is 28.7 Å². The maximum Gasteiger partial charge on any atom is 0.410 e. The van der Waals surface area contributed by atoms with Gasteiger partial charge in [0.2, 0.25) is 0 Å². The van der Waals surface area contributed by atoms with Crippen LogP contribution in [0.5, 0.6) is 0 Å². The van der Waals surface area contributed by atoms with Gasteiger partial charge in [-0.3, -0.25) is 14.3 Å². The van der Waals surface area contributed by atoms with Gasteiger partial charge >= 0.3 is 6.09 Å². The lowest BCUT2D eigenvalue weighted by molar-refractivity contribution is -0.0823. The molecule has 2 aromatic heterocycles. The fraction of sp³-hybridized carbons (Fsp3) is 0.435. The monoisotopic (exact) mass is 456 g/mol. The third kappa shape index (κ3) is 3.67. The molecule has 3 atom stereocenters. The number of ether oxygens (including phenoxy) is 2. The van der Waals surface area contributed by atoms with Crippen molar-refractivity contribution in [2.24, 2.45) is 0 Å². The van der Waals surface area contributed by atoms with Crippen LogP contribution in [0.25, 0.3) is 16.7 Å². The van der Waals surface area contributed by atoms with E-state index in [2.05, 4.69) is 9.97 Å². The summed E-state index contributed by atoms with van der Waals surface area (Å²) in [5.41, 5.74) is 1.41. The Labute approximate surface area is 190 Å². The molecular formula is C23H25ClN4O4. The molecule has 3 aromatic rings. The molecule has 0 unspecified atom stereocenters. The summed E-state index contributed by atoms with van der Waals surface area (Å²) in [6.45, 7) is 6.12. The van der Waals surface area contributed by atoms with Gasteiger partial charge in [0.15, 0.2) is 5.65 Å². The Bertz CT molecular complexity index is 1230. The van der Waals surface area contributed by atoms with E-state index in [1.54, 1.807) is 15.5 Å². The summed E-state index contributed by atoms with van der Waals surface area (Å²) in [4.78, 5) is 33.7. The lowest BCUT2D eigenvalue weighted by Gasteiger charge is -2.41. The Morgan fingerprint density at radius 3 is 2.72 bits per heavy atom. The number of H-pyrrole nitrogens is 1. The van der Waals surface area contributed by atoms with Gasteiger partial charge in [-0.25, -0.2) is 9.78 Å². The number of amides is 1. The number of carbonyl (C=O) groups is 1. The first-order chi connectivity index (χ1) is 15.2. The normalized spacial score (nSPS) is 23.0. The number of hydrogen-bond acceptors (Lipinski definition) is 5. The average molecular weight is 457 g/mol. The van der Waals surface area contributed by atoms with Crippen LogP contribution in [-0.4, -0.2) is 49.9 Å². The maximum atomic E-state index is 13.0. The van der Waals surface area contributed by atoms with Crippen molar-refractivity contribution in [1.29, 1.82) is 0 Å². The number of benzene rings is 1. The second-order valence-electron chi connectivity index (χ2n) is 9.31. The van der Waals surface area contributed by atoms with E-state index in [1.807, 2.05) is 45.0 Å². The first-order valence-electron chi connectivity index (χ1n) is 10.7. The number of nitrogens with one attached hydrogen (secondary N) is 1. The van der Waals surface area contributed by atoms with Crippen LogP contribution in [0.1, 0.15) is 45.2 Å². The standard InChI is InChI=1S/C23H25ClN4O4/c1-23(2,3)32-22(30)27-11-15-8-9-17(31-15)19(27)13-4-6-14(7-5-13)28-18(24)10-16-20(28)25-12-26-21(16)29/h4-7,10,12,15,17,19H,8-9,11H2,1-3H3,(H,25,26,29)/t15-,17+,19-/m1/s1. The molecule has 32 heavy (non-hydrogen) atoms. The zero-order valence-corrected chi connectivity index (χ0v) is 18.9. The molecule has 0 saturated carbocycles. The van der Waals surface area contributed by atoms with Crippen LogP contribution in [0.4, 0.5) is 4.79 Å². The van der Waals surface area contributed by atoms with Crippen LogP contribution in [0, 0.1) is 0 Å². The van der Waals surface area contributed by atoms with Crippen molar-refractivity contribution in [3.8, 4) is 5.69 Å². The largest absolute Gasteiger partial charge is 0.444 e. The molecule has 5 rings (SSSR count). The molecule has 0 aliphatic carbocycles. The minimum atomic E-state index is -0.570. The number of hydrogen-bond donors (Lipinski definition) is 1. The van der Waals surface area contributed by atoms with Crippen LogP contribution >= 0.6 is 11.6 Å². The highest BCUT2D eigenvalue weighted by Gasteiger charge is 2.45. The molecule has 0 radical (unpaired) electrons. The van der Waals surface area contributed by atoms with E-state index in [1.165, 1.54) is 6.33 Å². The average Bonchev–Trinajstić information content (AvgIpc) is 3.27. The van der Waals surface area contributed by atoms with Gasteiger partial charge in [0, 0.05) is 5.69 Å². The molecule has 1 aromatic carbocycles. The van der Waals surface area contributed by atoms with Crippen LogP contribution in [-0.2, 0) is 9.47 Å². The predicted molar refractivity (Wildman–Crippen MR) is 120 cm³/mol. The van der Waals surface area contributed by atoms with Crippen LogP contribution < -0.4 is 5.56 Å². The fourth-order valence-corrected chi connectivity index (χ4v) is 4.88. The number of carbonyl (C=O) groups excluding carboxylic acids is 1. The van der Waals surface area contributed by atoms with Gasteiger partial charge in [-0.05, 0) is 57.4 Å². The first kappa shape index (κ1) is 21.0. The van der Waals surface area contributed by atoms with Gasteiger partial charge in [0.05, 0.1) is 36.5 Å². The molecule has 0 spiro atoms. The number of fused-ring (bicyclic) bond motifs is 3. The Morgan fingerprint density at radius 1 is 1.25 bits per heavy atom. The molecule has 1 amide bonds. The van der Waals surface area contributed by atoms with Crippen molar-refractivity contribution in [3.05, 3.63) is 57.7 Å². The Hall–Kier alpha value is -2.84. The summed E-state index contributed by atoms with van der Waals surface area (Å²) >= 11 is 6.42. The van der Waals surface area contributed by atoms with Crippen molar-refractivity contribution in [1.82, 2.24) is 19.4 Å². The minimum Gasteiger partial charge on any atom is -0.444 e. The lowest BCUT2D eigenvalue weighted by atomic mass is 9.98. The Kier molecular flexibility index (Phi) is 5.02. The summed E-state index contributed by atoms with van der Waals surface area (Å²) in [5.74, 6) is 0. The highest BCUT2D eigenvalue weighted by Crippen LogP contribution is 2.41. The number of aromatic nitrogens is 3. The van der Waals surface area contributed by atoms with Crippen molar-refractivity contribution in [2.45, 2.75) is 57.5 Å². The van der Waals surface area contributed by atoms with Crippen LogP contribution in [0.3, 0.4) is 0 Å². The van der Waals surface area contributed by atoms with Crippen molar-refractivity contribution in [3.63, 3.8) is 0 Å². The molecule has 168 valence electrons. The number of morpholine rings is 1. The second-order valence-corrected chi connectivity index (χ2v) is 9.70. The van der Waals surface area contributed by atoms with Gasteiger partial charge < -0.3 is 14.5 Å². The zero-order chi connectivity index (χ0) is 22.6. The number of halogens is 1. The molecule has 2 aliphatic rings. The highest BCUT2D eigenvalue weighted by atomic mass is 35.5. The Morgan fingerprint density at radius 2 is 2.00 bits per heavy atom. The van der Waals surface area contributed by atoms with Gasteiger partial charge in [0.1, 0.15) is 10.8 Å². The minimum absolute atomic E-state index is 0.0530. The van der Waals surface area contributed by atoms with Crippen LogP contribution in [0.15, 0.2) is 41.5 Å². The molecule has 2 bridgehead atoms. The molecule has 2 aliphatic heterocycles. The molecular weight excluding hydrogens is 432 g/mol. The fourth-order valence-electron chi connectivity index (χ4n) is 4.60. The highest BCUT2D eigenvalue weighted by molar-refractivity contribution is 6.31. The smallest absolute Gasteiger partial charge is 0.410 e. The quantitative estimate of drug-likeness (QED) is 0.624. The molecule has 8 nitrogen and oxygen atoms in total. The summed E-state index contributed by atoms with van der Waals surface area (Å²) in [7, 11) is 0. The van der Waals surface area contributed by atoms with E-state index in [4.69, 9.17) is 21.1 Å². The molecule has 1 N–H and O–H groups in total. The summed E-state index contributed by atoms with van der Waals surface area (Å²) < 4.78 is 13.6. The van der Waals surface area contributed by atoms with Gasteiger partial charge in [-0.1, -0.05) is 23.7 Å². The lowest BCUT2D eigenvalue weighted by Crippen LogP contribution is -2.49.